The molecule has 5 heteroatoms. The summed E-state index contributed by atoms with van der Waals surface area (Å²) in [7, 11) is 0. The number of aromatic nitrogens is 2. The summed E-state index contributed by atoms with van der Waals surface area (Å²) in [5, 5.41) is 10.5. The third-order valence-corrected chi connectivity index (χ3v) is 2.88. The van der Waals surface area contributed by atoms with E-state index in [4.69, 9.17) is 11.6 Å². The van der Waals surface area contributed by atoms with Gasteiger partial charge in [-0.2, -0.15) is 0 Å². The Morgan fingerprint density at radius 3 is 2.56 bits per heavy atom. The summed E-state index contributed by atoms with van der Waals surface area (Å²) in [4.78, 5) is 11.6. The van der Waals surface area contributed by atoms with Gasteiger partial charge in [-0.3, -0.25) is 4.79 Å². The highest BCUT2D eigenvalue weighted by Crippen LogP contribution is 2.05. The Morgan fingerprint density at radius 1 is 1.17 bits per heavy atom. The highest BCUT2D eigenvalue weighted by Gasteiger charge is 2.06. The van der Waals surface area contributed by atoms with E-state index < -0.39 is 0 Å². The summed E-state index contributed by atoms with van der Waals surface area (Å²) in [5.41, 5.74) is 0.311. The van der Waals surface area contributed by atoms with Crippen molar-refractivity contribution in [1.29, 1.82) is 0 Å². The fraction of sp³-hybridized carbons (Fsp3) is 0.615. The number of carbonyl (C=O) groups is 1. The number of nitrogens with one attached hydrogen (secondary N) is 1. The first kappa shape index (κ1) is 14.9. The molecule has 0 aromatic carbocycles. The molecule has 1 N–H and O–H groups in total. The lowest BCUT2D eigenvalue weighted by molar-refractivity contribution is 0.0947. The van der Waals surface area contributed by atoms with Gasteiger partial charge in [0, 0.05) is 6.54 Å². The van der Waals surface area contributed by atoms with Crippen molar-refractivity contribution in [3.63, 3.8) is 0 Å². The minimum Gasteiger partial charge on any atom is -0.351 e. The van der Waals surface area contributed by atoms with E-state index in [1.54, 1.807) is 12.1 Å². The van der Waals surface area contributed by atoms with Crippen molar-refractivity contribution in [2.75, 3.05) is 6.54 Å². The Hall–Kier alpha value is -1.16. The van der Waals surface area contributed by atoms with Gasteiger partial charge >= 0.3 is 0 Å². The Kier molecular flexibility index (Phi) is 7.34. The maximum atomic E-state index is 11.6. The third kappa shape index (κ3) is 5.96. The predicted molar refractivity (Wildman–Crippen MR) is 72.8 cm³/mol. The summed E-state index contributed by atoms with van der Waals surface area (Å²) in [6.45, 7) is 2.89. The van der Waals surface area contributed by atoms with Gasteiger partial charge < -0.3 is 5.32 Å². The Balaban J connectivity index is 2.12. The van der Waals surface area contributed by atoms with Crippen LogP contribution in [0, 0.1) is 0 Å². The average molecular weight is 270 g/mol. The number of hydrogen-bond donors (Lipinski definition) is 1. The molecular weight excluding hydrogens is 250 g/mol. The highest BCUT2D eigenvalue weighted by atomic mass is 35.5. The minimum atomic E-state index is -0.187. The lowest BCUT2D eigenvalue weighted by Gasteiger charge is -2.04. The minimum absolute atomic E-state index is 0.187. The maximum Gasteiger partial charge on any atom is 0.271 e. The first-order chi connectivity index (χ1) is 8.74. The van der Waals surface area contributed by atoms with E-state index in [9.17, 15) is 4.79 Å². The quantitative estimate of drug-likeness (QED) is 0.737. The molecule has 1 heterocycles. The fourth-order valence-corrected chi connectivity index (χ4v) is 1.74. The van der Waals surface area contributed by atoms with Gasteiger partial charge in [-0.05, 0) is 18.6 Å². The molecule has 1 aromatic heterocycles. The molecule has 0 saturated carbocycles. The molecule has 0 saturated heterocycles. The zero-order chi connectivity index (χ0) is 13.2. The number of nitrogens with zero attached hydrogens (tertiary/aromatic N) is 2. The monoisotopic (exact) mass is 269 g/mol. The Morgan fingerprint density at radius 2 is 1.89 bits per heavy atom. The number of unbranched alkanes of at least 4 members (excludes halogenated alkanes) is 5. The van der Waals surface area contributed by atoms with Crippen molar-refractivity contribution in [1.82, 2.24) is 15.5 Å². The second kappa shape index (κ2) is 8.86. The van der Waals surface area contributed by atoms with Gasteiger partial charge in [-0.25, -0.2) is 0 Å². The molecule has 0 radical (unpaired) electrons. The van der Waals surface area contributed by atoms with E-state index in [-0.39, 0.29) is 5.91 Å². The fourth-order valence-electron chi connectivity index (χ4n) is 1.63. The molecule has 4 nitrogen and oxygen atoms in total. The molecule has 1 amide bonds. The van der Waals surface area contributed by atoms with Gasteiger partial charge in [-0.1, -0.05) is 50.6 Å². The van der Waals surface area contributed by atoms with Crippen molar-refractivity contribution in [2.45, 2.75) is 45.4 Å². The van der Waals surface area contributed by atoms with E-state index in [1.807, 2.05) is 0 Å². The van der Waals surface area contributed by atoms with Gasteiger partial charge in [0.1, 0.15) is 0 Å². The van der Waals surface area contributed by atoms with Gasteiger partial charge in [0.05, 0.1) is 0 Å². The number of carbonyl (C=O) groups excluding carboxylic acids is 1. The van der Waals surface area contributed by atoms with Crippen molar-refractivity contribution < 1.29 is 4.79 Å². The van der Waals surface area contributed by atoms with Gasteiger partial charge in [0.2, 0.25) is 0 Å². The normalized spacial score (nSPS) is 10.3. The summed E-state index contributed by atoms with van der Waals surface area (Å²) in [6.07, 6.45) is 7.25. The molecule has 1 aromatic rings. The van der Waals surface area contributed by atoms with Crippen LogP contribution in [-0.4, -0.2) is 22.6 Å². The zero-order valence-electron chi connectivity index (χ0n) is 10.8. The van der Waals surface area contributed by atoms with E-state index in [0.29, 0.717) is 17.4 Å². The Labute approximate surface area is 113 Å². The predicted octanol–water partition coefficient (Wildman–Crippen LogP) is 3.22. The Bertz CT molecular complexity index is 354. The molecule has 0 bridgehead atoms. The van der Waals surface area contributed by atoms with Crippen LogP contribution in [0.4, 0.5) is 0 Å². The van der Waals surface area contributed by atoms with E-state index in [0.717, 1.165) is 12.8 Å². The van der Waals surface area contributed by atoms with Crippen LogP contribution in [0.3, 0.4) is 0 Å². The number of hydrogen-bond acceptors (Lipinski definition) is 3. The SMILES string of the molecule is CCCCCCCCNC(=O)c1ccc(Cl)nn1. The molecule has 0 aliphatic rings. The molecular formula is C13H20ClN3O. The highest BCUT2D eigenvalue weighted by molar-refractivity contribution is 6.29. The van der Waals surface area contributed by atoms with Crippen molar-refractivity contribution in [3.8, 4) is 0 Å². The average Bonchev–Trinajstić information content (AvgIpc) is 2.38. The summed E-state index contributed by atoms with van der Waals surface area (Å²) < 4.78 is 0. The number of amides is 1. The van der Waals surface area contributed by atoms with Crippen LogP contribution in [0.25, 0.3) is 0 Å². The van der Waals surface area contributed by atoms with Crippen LogP contribution in [0.5, 0.6) is 0 Å². The first-order valence-corrected chi connectivity index (χ1v) is 6.89. The molecule has 100 valence electrons. The van der Waals surface area contributed by atoms with Crippen LogP contribution in [-0.2, 0) is 0 Å². The zero-order valence-corrected chi connectivity index (χ0v) is 11.5. The maximum absolute atomic E-state index is 11.6. The van der Waals surface area contributed by atoms with E-state index in [2.05, 4.69) is 22.4 Å². The second-order valence-electron chi connectivity index (χ2n) is 4.26. The number of rotatable bonds is 8. The molecule has 0 fully saturated rings. The third-order valence-electron chi connectivity index (χ3n) is 2.68. The largest absolute Gasteiger partial charge is 0.351 e. The van der Waals surface area contributed by atoms with Crippen LogP contribution in [0.2, 0.25) is 5.15 Å². The second-order valence-corrected chi connectivity index (χ2v) is 4.65. The van der Waals surface area contributed by atoms with E-state index in [1.165, 1.54) is 25.7 Å². The lowest BCUT2D eigenvalue weighted by Crippen LogP contribution is -2.25. The van der Waals surface area contributed by atoms with Crippen molar-refractivity contribution in [2.24, 2.45) is 0 Å². The molecule has 18 heavy (non-hydrogen) atoms. The van der Waals surface area contributed by atoms with Crippen molar-refractivity contribution >= 4 is 17.5 Å². The van der Waals surface area contributed by atoms with Gasteiger partial charge in [0.15, 0.2) is 10.8 Å². The first-order valence-electron chi connectivity index (χ1n) is 6.51. The summed E-state index contributed by atoms with van der Waals surface area (Å²) >= 11 is 5.60. The van der Waals surface area contributed by atoms with Crippen LogP contribution >= 0.6 is 11.6 Å². The number of halogens is 1. The van der Waals surface area contributed by atoms with Crippen molar-refractivity contribution in [3.05, 3.63) is 23.0 Å². The molecule has 0 atom stereocenters. The van der Waals surface area contributed by atoms with Crippen LogP contribution < -0.4 is 5.32 Å². The van der Waals surface area contributed by atoms with E-state index >= 15 is 0 Å². The molecule has 0 aliphatic heterocycles. The summed E-state index contributed by atoms with van der Waals surface area (Å²) in [6, 6.07) is 3.14. The van der Waals surface area contributed by atoms with Gasteiger partial charge in [-0.15, -0.1) is 10.2 Å². The molecule has 0 spiro atoms. The molecule has 1 rings (SSSR count). The summed E-state index contributed by atoms with van der Waals surface area (Å²) in [5.74, 6) is -0.187. The topological polar surface area (TPSA) is 54.9 Å². The van der Waals surface area contributed by atoms with Gasteiger partial charge in [0.25, 0.3) is 5.91 Å². The molecule has 0 unspecified atom stereocenters. The van der Waals surface area contributed by atoms with Crippen LogP contribution in [0.1, 0.15) is 55.9 Å². The molecule has 0 aliphatic carbocycles. The lowest BCUT2D eigenvalue weighted by atomic mass is 10.1. The smallest absolute Gasteiger partial charge is 0.271 e. The standard InChI is InChI=1S/C13H20ClN3O/c1-2-3-4-5-6-7-10-15-13(18)11-8-9-12(14)17-16-11/h8-9H,2-7,10H2,1H3,(H,15,18). The van der Waals surface area contributed by atoms with Crippen LogP contribution in [0.15, 0.2) is 12.1 Å².